The highest BCUT2D eigenvalue weighted by atomic mass is 16.5. The summed E-state index contributed by atoms with van der Waals surface area (Å²) in [5.74, 6) is 5.15. The fraction of sp³-hybridized carbons (Fsp3) is 0.500. The Morgan fingerprint density at radius 3 is 2.62 bits per heavy atom. The maximum Gasteiger partial charge on any atom is 0.287 e. The summed E-state index contributed by atoms with van der Waals surface area (Å²) in [7, 11) is 0. The van der Waals surface area contributed by atoms with E-state index in [0.717, 1.165) is 0 Å². The molecular formula is C8H13N3O2. The summed E-state index contributed by atoms with van der Waals surface area (Å²) in [6, 6.07) is 1.59. The second-order valence-electron chi connectivity index (χ2n) is 3.80. The van der Waals surface area contributed by atoms with Gasteiger partial charge in [0.2, 0.25) is 0 Å². The average Bonchev–Trinajstić information content (AvgIpc) is 2.50. The van der Waals surface area contributed by atoms with Crippen molar-refractivity contribution in [1.29, 1.82) is 0 Å². The third kappa shape index (κ3) is 2.06. The average molecular weight is 183 g/mol. The number of hydrogen-bond acceptors (Lipinski definition) is 4. The van der Waals surface area contributed by atoms with Gasteiger partial charge in [-0.05, 0) is 0 Å². The molecule has 1 heterocycles. The zero-order chi connectivity index (χ0) is 10.1. The third-order valence-corrected chi connectivity index (χ3v) is 1.61. The van der Waals surface area contributed by atoms with E-state index in [1.165, 1.54) is 0 Å². The van der Waals surface area contributed by atoms with E-state index in [9.17, 15) is 4.79 Å². The zero-order valence-corrected chi connectivity index (χ0v) is 7.92. The molecule has 0 aliphatic carbocycles. The van der Waals surface area contributed by atoms with E-state index >= 15 is 0 Å². The summed E-state index contributed by atoms with van der Waals surface area (Å²) in [6.07, 6.45) is 0. The van der Waals surface area contributed by atoms with Crippen molar-refractivity contribution in [2.24, 2.45) is 5.84 Å². The normalized spacial score (nSPS) is 11.4. The van der Waals surface area contributed by atoms with Crippen molar-refractivity contribution >= 4 is 5.91 Å². The van der Waals surface area contributed by atoms with Gasteiger partial charge in [0.25, 0.3) is 5.91 Å². The van der Waals surface area contributed by atoms with Crippen LogP contribution in [0, 0.1) is 0 Å². The van der Waals surface area contributed by atoms with Gasteiger partial charge in [-0.15, -0.1) is 0 Å². The van der Waals surface area contributed by atoms with Crippen LogP contribution in [0.15, 0.2) is 10.6 Å². The topological polar surface area (TPSA) is 81.2 Å². The van der Waals surface area contributed by atoms with Crippen LogP contribution >= 0.6 is 0 Å². The van der Waals surface area contributed by atoms with Crippen molar-refractivity contribution in [3.05, 3.63) is 17.5 Å². The van der Waals surface area contributed by atoms with E-state index in [1.54, 1.807) is 6.07 Å². The predicted octanol–water partition coefficient (Wildman–Crippen LogP) is 0.576. The Bertz CT molecular complexity index is 311. The second-order valence-corrected chi connectivity index (χ2v) is 3.80. The number of nitrogens with two attached hydrogens (primary N) is 1. The monoisotopic (exact) mass is 183 g/mol. The van der Waals surface area contributed by atoms with Crippen molar-refractivity contribution in [1.82, 2.24) is 10.6 Å². The van der Waals surface area contributed by atoms with Gasteiger partial charge in [-0.2, -0.15) is 0 Å². The third-order valence-electron chi connectivity index (χ3n) is 1.61. The number of hydrazine groups is 1. The van der Waals surface area contributed by atoms with Gasteiger partial charge in [0.05, 0.1) is 0 Å². The molecule has 0 bridgehead atoms. The molecule has 0 spiro atoms. The molecule has 1 aromatic heterocycles. The van der Waals surface area contributed by atoms with Gasteiger partial charge < -0.3 is 4.52 Å². The van der Waals surface area contributed by atoms with E-state index in [4.69, 9.17) is 10.4 Å². The first-order chi connectivity index (χ1) is 5.95. The van der Waals surface area contributed by atoms with Crippen LogP contribution in [0.1, 0.15) is 37.0 Å². The Hall–Kier alpha value is -1.36. The maximum absolute atomic E-state index is 11.0. The Morgan fingerprint density at radius 2 is 2.23 bits per heavy atom. The smallest absolute Gasteiger partial charge is 0.287 e. The highest BCUT2D eigenvalue weighted by Gasteiger charge is 2.21. The molecule has 1 amide bonds. The standard InChI is InChI=1S/C8H13N3O2/c1-8(2,3)6-4-5(11-13-6)7(12)10-9/h4H,9H2,1-3H3,(H,10,12). The number of hydrogen-bond donors (Lipinski definition) is 2. The van der Waals surface area contributed by atoms with Gasteiger partial charge in [0.15, 0.2) is 5.69 Å². The van der Waals surface area contributed by atoms with Crippen LogP contribution in [-0.2, 0) is 5.41 Å². The summed E-state index contributed by atoms with van der Waals surface area (Å²) in [6.45, 7) is 5.91. The van der Waals surface area contributed by atoms with E-state index in [-0.39, 0.29) is 11.1 Å². The highest BCUT2D eigenvalue weighted by Crippen LogP contribution is 2.22. The van der Waals surface area contributed by atoms with Crippen LogP contribution in [-0.4, -0.2) is 11.1 Å². The Balaban J connectivity index is 2.93. The number of amides is 1. The zero-order valence-electron chi connectivity index (χ0n) is 7.92. The molecule has 0 unspecified atom stereocenters. The number of nitrogen functional groups attached to an aromatic ring is 1. The number of nitrogens with one attached hydrogen (secondary N) is 1. The first-order valence-electron chi connectivity index (χ1n) is 3.93. The lowest BCUT2D eigenvalue weighted by atomic mass is 9.93. The van der Waals surface area contributed by atoms with Crippen LogP contribution in [0.25, 0.3) is 0 Å². The summed E-state index contributed by atoms with van der Waals surface area (Å²) in [4.78, 5) is 11.0. The first-order valence-corrected chi connectivity index (χ1v) is 3.93. The van der Waals surface area contributed by atoms with Gasteiger partial charge in [-0.25, -0.2) is 5.84 Å². The summed E-state index contributed by atoms with van der Waals surface area (Å²) >= 11 is 0. The first kappa shape index (κ1) is 9.73. The molecule has 0 aromatic carbocycles. The molecule has 0 aliphatic rings. The van der Waals surface area contributed by atoms with Gasteiger partial charge in [0.1, 0.15) is 5.76 Å². The summed E-state index contributed by atoms with van der Waals surface area (Å²) < 4.78 is 4.99. The molecule has 5 heteroatoms. The molecule has 0 radical (unpaired) electrons. The largest absolute Gasteiger partial charge is 0.360 e. The van der Waals surface area contributed by atoms with Crippen molar-refractivity contribution in [3.8, 4) is 0 Å². The van der Waals surface area contributed by atoms with Crippen molar-refractivity contribution in [3.63, 3.8) is 0 Å². The van der Waals surface area contributed by atoms with E-state index < -0.39 is 5.91 Å². The Kier molecular flexibility index (Phi) is 2.38. The minimum absolute atomic E-state index is 0.153. The van der Waals surface area contributed by atoms with Crippen LogP contribution in [0.5, 0.6) is 0 Å². The molecule has 0 saturated carbocycles. The van der Waals surface area contributed by atoms with Gasteiger partial charge in [-0.1, -0.05) is 25.9 Å². The Labute approximate surface area is 76.2 Å². The molecule has 13 heavy (non-hydrogen) atoms. The van der Waals surface area contributed by atoms with Crippen molar-refractivity contribution < 1.29 is 9.32 Å². The van der Waals surface area contributed by atoms with Gasteiger partial charge in [-0.3, -0.25) is 10.2 Å². The molecule has 0 fully saturated rings. The molecule has 72 valence electrons. The number of carbonyl (C=O) groups excluding carboxylic acids is 1. The fourth-order valence-corrected chi connectivity index (χ4v) is 0.810. The van der Waals surface area contributed by atoms with Crippen LogP contribution in [0.2, 0.25) is 0 Å². The summed E-state index contributed by atoms with van der Waals surface area (Å²) in [5.41, 5.74) is 2.03. The van der Waals surface area contributed by atoms with Crippen LogP contribution in [0.3, 0.4) is 0 Å². The Morgan fingerprint density at radius 1 is 1.62 bits per heavy atom. The lowest BCUT2D eigenvalue weighted by Gasteiger charge is -2.11. The molecule has 1 rings (SSSR count). The van der Waals surface area contributed by atoms with Crippen LogP contribution < -0.4 is 11.3 Å². The number of rotatable bonds is 1. The molecule has 0 saturated heterocycles. The molecule has 1 aromatic rings. The molecule has 3 N–H and O–H groups in total. The van der Waals surface area contributed by atoms with E-state index in [0.29, 0.717) is 5.76 Å². The second kappa shape index (κ2) is 3.18. The number of nitrogens with zero attached hydrogens (tertiary/aromatic N) is 1. The molecule has 0 aliphatic heterocycles. The SMILES string of the molecule is CC(C)(C)c1cc(C(=O)NN)no1. The van der Waals surface area contributed by atoms with E-state index in [2.05, 4.69) is 5.16 Å². The summed E-state index contributed by atoms with van der Waals surface area (Å²) in [5, 5.41) is 3.59. The van der Waals surface area contributed by atoms with Crippen molar-refractivity contribution in [2.45, 2.75) is 26.2 Å². The minimum atomic E-state index is -0.445. The van der Waals surface area contributed by atoms with Gasteiger partial charge in [0, 0.05) is 11.5 Å². The molecular weight excluding hydrogens is 170 g/mol. The maximum atomic E-state index is 11.0. The number of aromatic nitrogens is 1. The molecule has 0 atom stereocenters. The van der Waals surface area contributed by atoms with Gasteiger partial charge >= 0.3 is 0 Å². The highest BCUT2D eigenvalue weighted by molar-refractivity contribution is 5.91. The van der Waals surface area contributed by atoms with E-state index in [1.807, 2.05) is 26.2 Å². The number of carbonyl (C=O) groups is 1. The fourth-order valence-electron chi connectivity index (χ4n) is 0.810. The molecule has 5 nitrogen and oxygen atoms in total. The predicted molar refractivity (Wildman–Crippen MR) is 46.9 cm³/mol. The lowest BCUT2D eigenvalue weighted by Crippen LogP contribution is -2.30. The minimum Gasteiger partial charge on any atom is -0.360 e. The van der Waals surface area contributed by atoms with Crippen LogP contribution in [0.4, 0.5) is 0 Å². The van der Waals surface area contributed by atoms with Crippen molar-refractivity contribution in [2.75, 3.05) is 0 Å². The quantitative estimate of drug-likeness (QED) is 0.379. The lowest BCUT2D eigenvalue weighted by molar-refractivity contribution is 0.0944.